The van der Waals surface area contributed by atoms with Crippen LogP contribution in [0.5, 0.6) is 0 Å². The second-order valence-electron chi connectivity index (χ2n) is 1.27. The van der Waals surface area contributed by atoms with Gasteiger partial charge in [-0.25, -0.2) is 0 Å². The highest BCUT2D eigenvalue weighted by Crippen LogP contribution is 1.66. The van der Waals surface area contributed by atoms with Crippen LogP contribution < -0.4 is 16.8 Å². The fraction of sp³-hybridized carbons (Fsp3) is 0.500. The van der Waals surface area contributed by atoms with E-state index in [2.05, 4.69) is 5.32 Å². The van der Waals surface area contributed by atoms with Crippen LogP contribution in [-0.4, -0.2) is 18.3 Å². The van der Waals surface area contributed by atoms with Crippen molar-refractivity contribution in [3.63, 3.8) is 0 Å². The highest BCUT2D eigenvalue weighted by Gasteiger charge is 1.81. The largest absolute Gasteiger partial charge is 0.402 e. The van der Waals surface area contributed by atoms with Gasteiger partial charge in [-0.05, 0) is 0 Å². The van der Waals surface area contributed by atoms with Crippen molar-refractivity contribution in [3.8, 4) is 0 Å². The molecule has 0 saturated heterocycles. The van der Waals surface area contributed by atoms with E-state index in [1.807, 2.05) is 0 Å². The molecule has 0 aliphatic heterocycles. The summed E-state index contributed by atoms with van der Waals surface area (Å²) >= 11 is 0. The van der Waals surface area contributed by atoms with Crippen LogP contribution in [-0.2, 0) is 0 Å². The highest BCUT2D eigenvalue weighted by atomic mass is 16.3. The van der Waals surface area contributed by atoms with Crippen molar-refractivity contribution in [1.82, 2.24) is 5.32 Å². The third-order valence-corrected chi connectivity index (χ3v) is 0.620. The van der Waals surface area contributed by atoms with Gasteiger partial charge in [0.2, 0.25) is 0 Å². The molecule has 0 aromatic heterocycles. The van der Waals surface area contributed by atoms with Crippen molar-refractivity contribution < 1.29 is 5.11 Å². The molecule has 0 aliphatic rings. The molecule has 0 heterocycles. The Morgan fingerprint density at radius 2 is 2.38 bits per heavy atom. The minimum Gasteiger partial charge on any atom is -0.402 e. The van der Waals surface area contributed by atoms with Crippen LogP contribution in [0.1, 0.15) is 0 Å². The van der Waals surface area contributed by atoms with Gasteiger partial charge in [-0.2, -0.15) is 0 Å². The first-order chi connectivity index (χ1) is 3.81. The standard InChI is InChI=1S/C4H11N3O/c5-3-4(6)7-1-2-8/h3,7-8H,1-2,5-6H2. The van der Waals surface area contributed by atoms with Crippen molar-refractivity contribution in [2.75, 3.05) is 13.2 Å². The van der Waals surface area contributed by atoms with Crippen LogP contribution in [0.4, 0.5) is 0 Å². The van der Waals surface area contributed by atoms with Crippen LogP contribution in [0.3, 0.4) is 0 Å². The molecule has 4 heteroatoms. The second-order valence-corrected chi connectivity index (χ2v) is 1.27. The number of rotatable bonds is 3. The van der Waals surface area contributed by atoms with Gasteiger partial charge >= 0.3 is 0 Å². The monoisotopic (exact) mass is 117 g/mol. The first kappa shape index (κ1) is 7.10. The van der Waals surface area contributed by atoms with Gasteiger partial charge in [-0.15, -0.1) is 0 Å². The van der Waals surface area contributed by atoms with Gasteiger partial charge in [0.25, 0.3) is 0 Å². The number of aliphatic hydroxyl groups excluding tert-OH is 1. The molecule has 6 N–H and O–H groups in total. The van der Waals surface area contributed by atoms with Crippen molar-refractivity contribution >= 4 is 0 Å². The quantitative estimate of drug-likeness (QED) is 0.354. The molecular formula is C4H11N3O. The molecule has 0 amide bonds. The van der Waals surface area contributed by atoms with Crippen molar-refractivity contribution in [2.45, 2.75) is 0 Å². The number of hydrogen-bond acceptors (Lipinski definition) is 4. The summed E-state index contributed by atoms with van der Waals surface area (Å²) in [5.74, 6) is 0.388. The number of nitrogens with two attached hydrogens (primary N) is 2. The van der Waals surface area contributed by atoms with Crippen LogP contribution in [0, 0.1) is 0 Å². The van der Waals surface area contributed by atoms with E-state index in [0.29, 0.717) is 12.4 Å². The lowest BCUT2D eigenvalue weighted by atomic mass is 10.6. The SMILES string of the molecule is NC=C(N)NCCO. The summed E-state index contributed by atoms with van der Waals surface area (Å²) in [6.45, 7) is 0.508. The molecule has 48 valence electrons. The normalized spacial score (nSPS) is 11.4. The first-order valence-corrected chi connectivity index (χ1v) is 2.33. The Bertz CT molecular complexity index is 81.4. The van der Waals surface area contributed by atoms with Crippen LogP contribution in [0.25, 0.3) is 0 Å². The van der Waals surface area contributed by atoms with Gasteiger partial charge in [0.05, 0.1) is 6.61 Å². The highest BCUT2D eigenvalue weighted by molar-refractivity contribution is 4.88. The Kier molecular flexibility index (Phi) is 3.78. The Hall–Kier alpha value is -0.900. The van der Waals surface area contributed by atoms with E-state index in [0.717, 1.165) is 0 Å². The molecule has 0 spiro atoms. The third kappa shape index (κ3) is 3.30. The zero-order valence-electron chi connectivity index (χ0n) is 4.59. The fourth-order valence-corrected chi connectivity index (χ4v) is 0.259. The van der Waals surface area contributed by atoms with E-state index in [9.17, 15) is 0 Å². The Morgan fingerprint density at radius 3 is 2.75 bits per heavy atom. The average Bonchev–Trinajstić information content (AvgIpc) is 1.83. The maximum absolute atomic E-state index is 8.22. The molecule has 4 nitrogen and oxygen atoms in total. The molecule has 0 aromatic rings. The van der Waals surface area contributed by atoms with E-state index >= 15 is 0 Å². The van der Waals surface area contributed by atoms with Crippen molar-refractivity contribution in [3.05, 3.63) is 12.0 Å². The van der Waals surface area contributed by atoms with Gasteiger partial charge in [0.15, 0.2) is 0 Å². The average molecular weight is 117 g/mol. The summed E-state index contributed by atoms with van der Waals surface area (Å²) < 4.78 is 0. The number of nitrogens with one attached hydrogen (secondary N) is 1. The minimum atomic E-state index is 0.0640. The molecule has 0 radical (unpaired) electrons. The van der Waals surface area contributed by atoms with E-state index in [-0.39, 0.29) is 6.61 Å². The maximum atomic E-state index is 8.22. The van der Waals surface area contributed by atoms with E-state index in [4.69, 9.17) is 16.6 Å². The Labute approximate surface area is 48.2 Å². The van der Waals surface area contributed by atoms with Gasteiger partial charge < -0.3 is 21.9 Å². The molecule has 0 rings (SSSR count). The zero-order valence-corrected chi connectivity index (χ0v) is 4.59. The summed E-state index contributed by atoms with van der Waals surface area (Å²) in [6, 6.07) is 0. The second kappa shape index (κ2) is 4.26. The topological polar surface area (TPSA) is 84.3 Å². The van der Waals surface area contributed by atoms with Crippen molar-refractivity contribution in [2.24, 2.45) is 11.5 Å². The molecule has 0 fully saturated rings. The number of hydrogen-bond donors (Lipinski definition) is 4. The Morgan fingerprint density at radius 1 is 1.75 bits per heavy atom. The molecule has 0 unspecified atom stereocenters. The molecule has 0 atom stereocenters. The Balaban J connectivity index is 3.12. The summed E-state index contributed by atoms with van der Waals surface area (Å²) in [4.78, 5) is 0. The summed E-state index contributed by atoms with van der Waals surface area (Å²) in [7, 11) is 0. The molecular weight excluding hydrogens is 106 g/mol. The van der Waals surface area contributed by atoms with Crippen LogP contribution >= 0.6 is 0 Å². The summed E-state index contributed by atoms with van der Waals surface area (Å²) in [5, 5.41) is 10.9. The predicted octanol–water partition coefficient (Wildman–Crippen LogP) is -1.72. The van der Waals surface area contributed by atoms with Crippen LogP contribution in [0.15, 0.2) is 12.0 Å². The lowest BCUT2D eigenvalue weighted by Crippen LogP contribution is -2.24. The van der Waals surface area contributed by atoms with Gasteiger partial charge in [0, 0.05) is 12.7 Å². The lowest BCUT2D eigenvalue weighted by Gasteiger charge is -2.00. The van der Waals surface area contributed by atoms with E-state index < -0.39 is 0 Å². The van der Waals surface area contributed by atoms with Crippen molar-refractivity contribution in [1.29, 1.82) is 0 Å². The summed E-state index contributed by atoms with van der Waals surface area (Å²) in [6.07, 6.45) is 1.25. The minimum absolute atomic E-state index is 0.0640. The zero-order chi connectivity index (χ0) is 6.41. The summed E-state index contributed by atoms with van der Waals surface area (Å²) in [5.41, 5.74) is 10.2. The van der Waals surface area contributed by atoms with Crippen LogP contribution in [0.2, 0.25) is 0 Å². The fourth-order valence-electron chi connectivity index (χ4n) is 0.259. The molecule has 8 heavy (non-hydrogen) atoms. The third-order valence-electron chi connectivity index (χ3n) is 0.620. The number of aliphatic hydroxyl groups is 1. The van der Waals surface area contributed by atoms with E-state index in [1.165, 1.54) is 6.20 Å². The molecule has 0 bridgehead atoms. The lowest BCUT2D eigenvalue weighted by molar-refractivity contribution is 0.297. The van der Waals surface area contributed by atoms with E-state index in [1.54, 1.807) is 0 Å². The maximum Gasteiger partial charge on any atom is 0.112 e. The smallest absolute Gasteiger partial charge is 0.112 e. The van der Waals surface area contributed by atoms with Gasteiger partial charge in [-0.3, -0.25) is 0 Å². The molecule has 0 saturated carbocycles. The molecule has 0 aliphatic carbocycles. The predicted molar refractivity (Wildman–Crippen MR) is 31.5 cm³/mol. The van der Waals surface area contributed by atoms with Gasteiger partial charge in [0.1, 0.15) is 5.82 Å². The first-order valence-electron chi connectivity index (χ1n) is 2.33. The molecule has 0 aromatic carbocycles. The van der Waals surface area contributed by atoms with Gasteiger partial charge in [-0.1, -0.05) is 0 Å².